The number of aryl methyl sites for hydroxylation is 1. The number of anilines is 1. The van der Waals surface area contributed by atoms with Crippen LogP contribution in [0.15, 0.2) is 10.9 Å². The second kappa shape index (κ2) is 4.79. The fraction of sp³-hybridized carbons (Fsp3) is 0.600. The Kier molecular flexibility index (Phi) is 3.68. The molecule has 1 aromatic heterocycles. The highest BCUT2D eigenvalue weighted by molar-refractivity contribution is 5.26. The van der Waals surface area contributed by atoms with Crippen molar-refractivity contribution in [1.82, 2.24) is 9.97 Å². The summed E-state index contributed by atoms with van der Waals surface area (Å²) in [5, 5.41) is 3.08. The van der Waals surface area contributed by atoms with Crippen LogP contribution < -0.4 is 10.9 Å². The zero-order valence-electron chi connectivity index (χ0n) is 8.92. The van der Waals surface area contributed by atoms with E-state index >= 15 is 0 Å². The molecule has 4 heteroatoms. The van der Waals surface area contributed by atoms with E-state index in [0.717, 1.165) is 18.5 Å². The van der Waals surface area contributed by atoms with Crippen molar-refractivity contribution in [3.05, 3.63) is 22.1 Å². The zero-order valence-corrected chi connectivity index (χ0v) is 8.92. The minimum absolute atomic E-state index is 0.0911. The van der Waals surface area contributed by atoms with E-state index < -0.39 is 0 Å². The molecule has 1 rings (SSSR count). The molecule has 4 nitrogen and oxygen atoms in total. The molecule has 1 aromatic rings. The van der Waals surface area contributed by atoms with Gasteiger partial charge in [-0.2, -0.15) is 0 Å². The van der Waals surface area contributed by atoms with E-state index in [-0.39, 0.29) is 11.6 Å². The van der Waals surface area contributed by atoms with Crippen LogP contribution in [-0.2, 0) is 6.42 Å². The van der Waals surface area contributed by atoms with Crippen LogP contribution in [-0.4, -0.2) is 16.0 Å². The van der Waals surface area contributed by atoms with Crippen molar-refractivity contribution in [1.29, 1.82) is 0 Å². The van der Waals surface area contributed by atoms with E-state index in [2.05, 4.69) is 22.2 Å². The Balaban J connectivity index is 2.89. The highest BCUT2D eigenvalue weighted by Gasteiger charge is 2.01. The standard InChI is InChI=1S/C10H17N3O/c1-4-5-8-6-9(14)13-10(12-8)11-7(2)3/h6-7H,4-5H2,1-3H3,(H2,11,12,13,14). The molecular formula is C10H17N3O. The third kappa shape index (κ3) is 3.20. The van der Waals surface area contributed by atoms with Gasteiger partial charge in [0.25, 0.3) is 5.56 Å². The van der Waals surface area contributed by atoms with Gasteiger partial charge in [-0.05, 0) is 20.3 Å². The molecule has 78 valence electrons. The van der Waals surface area contributed by atoms with Crippen molar-refractivity contribution in [3.63, 3.8) is 0 Å². The SMILES string of the molecule is CCCc1cc(=O)[nH]c(NC(C)C)n1. The fourth-order valence-corrected chi connectivity index (χ4v) is 1.23. The van der Waals surface area contributed by atoms with Crippen molar-refractivity contribution in [2.75, 3.05) is 5.32 Å². The van der Waals surface area contributed by atoms with Crippen molar-refractivity contribution in [2.24, 2.45) is 0 Å². The Morgan fingerprint density at radius 1 is 1.57 bits per heavy atom. The highest BCUT2D eigenvalue weighted by atomic mass is 16.1. The number of rotatable bonds is 4. The summed E-state index contributed by atoms with van der Waals surface area (Å²) in [6, 6.07) is 1.82. The van der Waals surface area contributed by atoms with Gasteiger partial charge < -0.3 is 5.32 Å². The number of hydrogen-bond acceptors (Lipinski definition) is 3. The molecule has 0 fully saturated rings. The summed E-state index contributed by atoms with van der Waals surface area (Å²) in [6.45, 7) is 6.08. The van der Waals surface area contributed by atoms with E-state index in [1.54, 1.807) is 6.07 Å². The Morgan fingerprint density at radius 3 is 2.86 bits per heavy atom. The molecule has 0 aliphatic heterocycles. The van der Waals surface area contributed by atoms with Crippen LogP contribution in [0.4, 0.5) is 5.95 Å². The normalized spacial score (nSPS) is 10.6. The van der Waals surface area contributed by atoms with Crippen molar-refractivity contribution in [3.8, 4) is 0 Å². The van der Waals surface area contributed by atoms with Crippen LogP contribution in [0.25, 0.3) is 0 Å². The van der Waals surface area contributed by atoms with Gasteiger partial charge in [0.1, 0.15) is 0 Å². The van der Waals surface area contributed by atoms with Gasteiger partial charge in [-0.3, -0.25) is 9.78 Å². The van der Waals surface area contributed by atoms with E-state index in [9.17, 15) is 4.79 Å². The smallest absolute Gasteiger partial charge is 0.252 e. The quantitative estimate of drug-likeness (QED) is 0.766. The fourth-order valence-electron chi connectivity index (χ4n) is 1.23. The molecule has 0 bridgehead atoms. The molecule has 0 aliphatic rings. The van der Waals surface area contributed by atoms with Crippen LogP contribution in [0.1, 0.15) is 32.9 Å². The zero-order chi connectivity index (χ0) is 10.6. The summed E-state index contributed by atoms with van der Waals surface area (Å²) in [6.07, 6.45) is 1.84. The lowest BCUT2D eigenvalue weighted by Crippen LogP contribution is -2.18. The summed E-state index contributed by atoms with van der Waals surface area (Å²) in [5.74, 6) is 0.566. The minimum Gasteiger partial charge on any atom is -0.354 e. The molecule has 0 spiro atoms. The maximum absolute atomic E-state index is 11.2. The minimum atomic E-state index is -0.0911. The third-order valence-corrected chi connectivity index (χ3v) is 1.73. The summed E-state index contributed by atoms with van der Waals surface area (Å²) < 4.78 is 0. The predicted molar refractivity (Wildman–Crippen MR) is 57.6 cm³/mol. The lowest BCUT2D eigenvalue weighted by Gasteiger charge is -2.09. The van der Waals surface area contributed by atoms with E-state index in [1.165, 1.54) is 0 Å². The van der Waals surface area contributed by atoms with Gasteiger partial charge in [0, 0.05) is 17.8 Å². The summed E-state index contributed by atoms with van der Waals surface area (Å²) in [5.41, 5.74) is 0.756. The van der Waals surface area contributed by atoms with E-state index in [0.29, 0.717) is 5.95 Å². The number of H-pyrrole nitrogens is 1. The maximum Gasteiger partial charge on any atom is 0.252 e. The molecule has 0 amide bonds. The molecule has 0 radical (unpaired) electrons. The number of nitrogens with zero attached hydrogens (tertiary/aromatic N) is 1. The first-order valence-electron chi connectivity index (χ1n) is 4.98. The van der Waals surface area contributed by atoms with Gasteiger partial charge in [0.2, 0.25) is 5.95 Å². The lowest BCUT2D eigenvalue weighted by molar-refractivity contribution is 0.836. The Hall–Kier alpha value is -1.32. The molecular weight excluding hydrogens is 178 g/mol. The average molecular weight is 195 g/mol. The molecule has 0 saturated carbocycles. The molecule has 2 N–H and O–H groups in total. The van der Waals surface area contributed by atoms with Crippen molar-refractivity contribution >= 4 is 5.95 Å². The van der Waals surface area contributed by atoms with Crippen LogP contribution in [0.3, 0.4) is 0 Å². The maximum atomic E-state index is 11.2. The molecule has 0 aromatic carbocycles. The number of hydrogen-bond donors (Lipinski definition) is 2. The second-order valence-corrected chi connectivity index (χ2v) is 3.63. The van der Waals surface area contributed by atoms with Crippen molar-refractivity contribution < 1.29 is 0 Å². The summed E-state index contributed by atoms with van der Waals surface area (Å²) in [4.78, 5) is 18.2. The van der Waals surface area contributed by atoms with E-state index in [1.807, 2.05) is 13.8 Å². The van der Waals surface area contributed by atoms with Crippen LogP contribution in [0.5, 0.6) is 0 Å². The van der Waals surface area contributed by atoms with Gasteiger partial charge in [-0.25, -0.2) is 4.98 Å². The van der Waals surface area contributed by atoms with Gasteiger partial charge >= 0.3 is 0 Å². The Bertz CT molecular complexity index is 343. The van der Waals surface area contributed by atoms with Crippen LogP contribution >= 0.6 is 0 Å². The highest BCUT2D eigenvalue weighted by Crippen LogP contribution is 2.01. The van der Waals surface area contributed by atoms with E-state index in [4.69, 9.17) is 0 Å². The second-order valence-electron chi connectivity index (χ2n) is 3.63. The third-order valence-electron chi connectivity index (χ3n) is 1.73. The van der Waals surface area contributed by atoms with Gasteiger partial charge in [-0.15, -0.1) is 0 Å². The van der Waals surface area contributed by atoms with Crippen LogP contribution in [0.2, 0.25) is 0 Å². The molecule has 0 saturated heterocycles. The Morgan fingerprint density at radius 2 is 2.29 bits per heavy atom. The summed E-state index contributed by atoms with van der Waals surface area (Å²) in [7, 11) is 0. The molecule has 0 aliphatic carbocycles. The molecule has 14 heavy (non-hydrogen) atoms. The number of nitrogens with one attached hydrogen (secondary N) is 2. The van der Waals surface area contributed by atoms with Gasteiger partial charge in [0.05, 0.1) is 0 Å². The molecule has 0 unspecified atom stereocenters. The first-order valence-corrected chi connectivity index (χ1v) is 4.98. The summed E-state index contributed by atoms with van der Waals surface area (Å²) >= 11 is 0. The number of aromatic amines is 1. The average Bonchev–Trinajstić information content (AvgIpc) is 2.01. The molecule has 1 heterocycles. The molecule has 0 atom stereocenters. The Labute approximate surface area is 83.8 Å². The lowest BCUT2D eigenvalue weighted by atomic mass is 10.2. The topological polar surface area (TPSA) is 57.8 Å². The first kappa shape index (κ1) is 10.8. The monoisotopic (exact) mass is 195 g/mol. The predicted octanol–water partition coefficient (Wildman–Crippen LogP) is 1.54. The van der Waals surface area contributed by atoms with Crippen LogP contribution in [0, 0.1) is 0 Å². The van der Waals surface area contributed by atoms with Crippen molar-refractivity contribution in [2.45, 2.75) is 39.7 Å². The van der Waals surface area contributed by atoms with Gasteiger partial charge in [-0.1, -0.05) is 13.3 Å². The van der Waals surface area contributed by atoms with Gasteiger partial charge in [0.15, 0.2) is 0 Å². The largest absolute Gasteiger partial charge is 0.354 e. The first-order chi connectivity index (χ1) is 6.61. The number of aromatic nitrogens is 2.